The van der Waals surface area contributed by atoms with Gasteiger partial charge in [0.2, 0.25) is 0 Å². The van der Waals surface area contributed by atoms with Gasteiger partial charge in [0.25, 0.3) is 11.8 Å². The Hall–Kier alpha value is -2.73. The van der Waals surface area contributed by atoms with Crippen LogP contribution in [-0.2, 0) is 4.79 Å². The fraction of sp³-hybridized carbons (Fsp3) is 0.300. The van der Waals surface area contributed by atoms with Gasteiger partial charge in [0, 0.05) is 30.9 Å². The summed E-state index contributed by atoms with van der Waals surface area (Å²) in [5, 5.41) is 3.01. The summed E-state index contributed by atoms with van der Waals surface area (Å²) in [7, 11) is 3.36. The average Bonchev–Trinajstić information content (AvgIpc) is 2.64. The maximum Gasteiger partial charge on any atom is 0.259 e. The van der Waals surface area contributed by atoms with Crippen molar-refractivity contribution in [2.24, 2.45) is 0 Å². The van der Waals surface area contributed by atoms with E-state index in [1.54, 1.807) is 44.4 Å². The van der Waals surface area contributed by atoms with Crippen molar-refractivity contribution in [1.29, 1.82) is 0 Å². The second-order valence-electron chi connectivity index (χ2n) is 6.17. The highest BCUT2D eigenvalue weighted by atomic mass is 35.5. The molecular weight excluding hydrogens is 366 g/mol. The molecule has 0 aliphatic heterocycles. The molecule has 0 fully saturated rings. The van der Waals surface area contributed by atoms with Gasteiger partial charge in [-0.1, -0.05) is 25.1 Å². The number of amides is 2. The van der Waals surface area contributed by atoms with E-state index in [-0.39, 0.29) is 36.9 Å². The number of hydrogen-bond acceptors (Lipinski definition) is 4. The topological polar surface area (TPSA) is 84.7 Å². The summed E-state index contributed by atoms with van der Waals surface area (Å²) >= 11 is 0. The number of likely N-dealkylation sites (N-methyl/N-ethyl adjacent to an activating group) is 1. The number of halogens is 1. The molecule has 2 aromatic carbocycles. The predicted molar refractivity (Wildman–Crippen MR) is 109 cm³/mol. The van der Waals surface area contributed by atoms with E-state index >= 15 is 0 Å². The van der Waals surface area contributed by atoms with Gasteiger partial charge in [-0.3, -0.25) is 9.59 Å². The molecule has 3 N–H and O–H groups in total. The normalized spacial score (nSPS) is 11.1. The van der Waals surface area contributed by atoms with Crippen molar-refractivity contribution in [3.63, 3.8) is 0 Å². The fourth-order valence-electron chi connectivity index (χ4n) is 2.44. The Kier molecular flexibility index (Phi) is 8.62. The molecule has 0 saturated carbocycles. The highest BCUT2D eigenvalue weighted by molar-refractivity contribution is 5.94. The molecule has 146 valence electrons. The zero-order chi connectivity index (χ0) is 19.1. The second kappa shape index (κ2) is 10.4. The van der Waals surface area contributed by atoms with Crippen LogP contribution in [0.1, 0.15) is 35.3 Å². The summed E-state index contributed by atoms with van der Waals surface area (Å²) in [6.45, 7) is 1.93. The third-order valence-electron chi connectivity index (χ3n) is 4.03. The van der Waals surface area contributed by atoms with Gasteiger partial charge in [-0.25, -0.2) is 0 Å². The number of carbonyl (C=O) groups excluding carboxylic acids is 2. The molecule has 0 aliphatic rings. The number of anilines is 1. The third kappa shape index (κ3) is 6.18. The molecule has 1 unspecified atom stereocenters. The molecule has 0 spiro atoms. The lowest BCUT2D eigenvalue weighted by Gasteiger charge is -2.21. The number of carbonyl (C=O) groups is 2. The standard InChI is InChI=1S/C20H25N3O3.ClH/c1-4-17(22-20(25)14-9-11-15(21)12-10-14)16-7-5-6-8-18(16)26-13-19(24)23(2)3;/h5-12,17H,4,13,21H2,1-3H3,(H,22,25);1H. The number of nitrogen functional groups attached to an aromatic ring is 1. The Morgan fingerprint density at radius 1 is 1.11 bits per heavy atom. The van der Waals surface area contributed by atoms with Gasteiger partial charge in [-0.2, -0.15) is 0 Å². The molecule has 0 radical (unpaired) electrons. The first-order chi connectivity index (χ1) is 12.4. The molecule has 0 heterocycles. The average molecular weight is 392 g/mol. The van der Waals surface area contributed by atoms with Crippen LogP contribution in [0.25, 0.3) is 0 Å². The summed E-state index contributed by atoms with van der Waals surface area (Å²) < 4.78 is 5.69. The van der Waals surface area contributed by atoms with Crippen LogP contribution in [0.4, 0.5) is 5.69 Å². The molecule has 0 aromatic heterocycles. The van der Waals surface area contributed by atoms with Crippen LogP contribution in [0.5, 0.6) is 5.75 Å². The van der Waals surface area contributed by atoms with Crippen LogP contribution in [0.3, 0.4) is 0 Å². The van der Waals surface area contributed by atoms with E-state index in [4.69, 9.17) is 10.5 Å². The van der Waals surface area contributed by atoms with Crippen LogP contribution in [0.2, 0.25) is 0 Å². The Balaban J connectivity index is 0.00000364. The summed E-state index contributed by atoms with van der Waals surface area (Å²) in [4.78, 5) is 25.8. The monoisotopic (exact) mass is 391 g/mol. The number of rotatable bonds is 7. The third-order valence-corrected chi connectivity index (χ3v) is 4.03. The molecule has 27 heavy (non-hydrogen) atoms. The lowest BCUT2D eigenvalue weighted by molar-refractivity contribution is -0.130. The van der Waals surface area contributed by atoms with E-state index in [0.717, 1.165) is 5.56 Å². The maximum atomic E-state index is 12.5. The number of ether oxygens (including phenoxy) is 1. The lowest BCUT2D eigenvalue weighted by Crippen LogP contribution is -2.30. The van der Waals surface area contributed by atoms with Crippen molar-refractivity contribution in [2.45, 2.75) is 19.4 Å². The minimum Gasteiger partial charge on any atom is -0.483 e. The molecule has 0 saturated heterocycles. The number of nitrogens with one attached hydrogen (secondary N) is 1. The van der Waals surface area contributed by atoms with Crippen molar-refractivity contribution >= 4 is 29.9 Å². The van der Waals surface area contributed by atoms with Crippen molar-refractivity contribution in [3.05, 3.63) is 59.7 Å². The predicted octanol–water partition coefficient (Wildman–Crippen LogP) is 3.04. The molecule has 2 amide bonds. The van der Waals surface area contributed by atoms with E-state index in [0.29, 0.717) is 23.4 Å². The van der Waals surface area contributed by atoms with Crippen LogP contribution in [-0.4, -0.2) is 37.4 Å². The first-order valence-electron chi connectivity index (χ1n) is 8.50. The van der Waals surface area contributed by atoms with Gasteiger partial charge in [-0.15, -0.1) is 12.4 Å². The van der Waals surface area contributed by atoms with Crippen molar-refractivity contribution in [3.8, 4) is 5.75 Å². The van der Waals surface area contributed by atoms with E-state index < -0.39 is 0 Å². The van der Waals surface area contributed by atoms with Crippen molar-refractivity contribution in [2.75, 3.05) is 26.4 Å². The van der Waals surface area contributed by atoms with Crippen molar-refractivity contribution < 1.29 is 14.3 Å². The van der Waals surface area contributed by atoms with Crippen LogP contribution >= 0.6 is 12.4 Å². The Bertz CT molecular complexity index is 763. The summed E-state index contributed by atoms with van der Waals surface area (Å²) in [5.41, 5.74) is 7.65. The Labute approximate surface area is 166 Å². The largest absolute Gasteiger partial charge is 0.483 e. The van der Waals surface area contributed by atoms with Gasteiger partial charge in [0.05, 0.1) is 6.04 Å². The van der Waals surface area contributed by atoms with Crippen LogP contribution in [0.15, 0.2) is 48.5 Å². The van der Waals surface area contributed by atoms with Crippen LogP contribution < -0.4 is 15.8 Å². The molecular formula is C20H26ClN3O3. The lowest BCUT2D eigenvalue weighted by atomic mass is 10.0. The zero-order valence-electron chi connectivity index (χ0n) is 15.8. The minimum atomic E-state index is -0.231. The number of nitrogens with two attached hydrogens (primary N) is 1. The van der Waals surface area contributed by atoms with Gasteiger partial charge in [-0.05, 0) is 36.8 Å². The number of benzene rings is 2. The summed E-state index contributed by atoms with van der Waals surface area (Å²) in [5.74, 6) is 0.280. The van der Waals surface area contributed by atoms with E-state index in [2.05, 4.69) is 5.32 Å². The van der Waals surface area contributed by atoms with E-state index in [1.807, 2.05) is 25.1 Å². The van der Waals surface area contributed by atoms with Crippen LogP contribution in [0, 0.1) is 0 Å². The maximum absolute atomic E-state index is 12.5. The Morgan fingerprint density at radius 3 is 2.33 bits per heavy atom. The summed E-state index contributed by atoms with van der Waals surface area (Å²) in [6.07, 6.45) is 0.683. The number of hydrogen-bond donors (Lipinski definition) is 2. The molecule has 2 rings (SSSR count). The van der Waals surface area contributed by atoms with Gasteiger partial charge in [0.1, 0.15) is 5.75 Å². The van der Waals surface area contributed by atoms with E-state index in [1.165, 1.54) is 4.90 Å². The van der Waals surface area contributed by atoms with Gasteiger partial charge < -0.3 is 20.7 Å². The molecule has 0 aliphatic carbocycles. The van der Waals surface area contributed by atoms with Gasteiger partial charge >= 0.3 is 0 Å². The fourth-order valence-corrected chi connectivity index (χ4v) is 2.44. The first kappa shape index (κ1) is 22.3. The second-order valence-corrected chi connectivity index (χ2v) is 6.17. The van der Waals surface area contributed by atoms with E-state index in [9.17, 15) is 9.59 Å². The molecule has 2 aromatic rings. The highest BCUT2D eigenvalue weighted by Crippen LogP contribution is 2.27. The Morgan fingerprint density at radius 2 is 1.74 bits per heavy atom. The zero-order valence-corrected chi connectivity index (χ0v) is 16.6. The number of para-hydroxylation sites is 1. The van der Waals surface area contributed by atoms with Crippen molar-refractivity contribution in [1.82, 2.24) is 10.2 Å². The highest BCUT2D eigenvalue weighted by Gasteiger charge is 2.18. The molecule has 7 heteroatoms. The quantitative estimate of drug-likeness (QED) is 0.710. The molecule has 6 nitrogen and oxygen atoms in total. The molecule has 0 bridgehead atoms. The SMILES string of the molecule is CCC(NC(=O)c1ccc(N)cc1)c1ccccc1OCC(=O)N(C)C.Cl. The summed E-state index contributed by atoms with van der Waals surface area (Å²) in [6, 6.07) is 14.0. The minimum absolute atomic E-state index is 0. The smallest absolute Gasteiger partial charge is 0.259 e. The van der Waals surface area contributed by atoms with Gasteiger partial charge in [0.15, 0.2) is 6.61 Å². The number of nitrogens with zero attached hydrogens (tertiary/aromatic N) is 1. The first-order valence-corrected chi connectivity index (χ1v) is 8.50. The molecule has 1 atom stereocenters.